The van der Waals surface area contributed by atoms with Crippen molar-refractivity contribution in [1.29, 1.82) is 0 Å². The van der Waals surface area contributed by atoms with Gasteiger partial charge in [-0.2, -0.15) is 13.5 Å². The Morgan fingerprint density at radius 3 is 2.18 bits per heavy atom. The standard InChI is InChI=1S/C16H12N2O3S/c19-22(20,21)16-14-9-5-4-6-12(14)10-11-15(16)18-17-13-7-2-1-3-8-13/h1-11H,(H,19,20,21). The Morgan fingerprint density at radius 1 is 0.773 bits per heavy atom. The zero-order chi connectivity index (χ0) is 15.6. The normalized spacial score (nSPS) is 12.0. The Hall–Kier alpha value is -2.57. The van der Waals surface area contributed by atoms with Gasteiger partial charge in [-0.05, 0) is 23.6 Å². The third-order valence-electron chi connectivity index (χ3n) is 3.15. The van der Waals surface area contributed by atoms with Gasteiger partial charge in [-0.3, -0.25) is 4.55 Å². The first-order valence-corrected chi connectivity index (χ1v) is 7.96. The Balaban J connectivity index is 2.20. The summed E-state index contributed by atoms with van der Waals surface area (Å²) in [6.07, 6.45) is 0. The topological polar surface area (TPSA) is 79.1 Å². The van der Waals surface area contributed by atoms with Crippen LogP contribution in [0.15, 0.2) is 81.9 Å². The third kappa shape index (κ3) is 2.88. The van der Waals surface area contributed by atoms with E-state index in [9.17, 15) is 13.0 Å². The lowest BCUT2D eigenvalue weighted by atomic mass is 10.1. The maximum Gasteiger partial charge on any atom is 0.297 e. The van der Waals surface area contributed by atoms with Gasteiger partial charge in [0.2, 0.25) is 0 Å². The van der Waals surface area contributed by atoms with Crippen LogP contribution in [-0.4, -0.2) is 13.0 Å². The van der Waals surface area contributed by atoms with Crippen LogP contribution in [0.25, 0.3) is 10.8 Å². The minimum absolute atomic E-state index is 0.102. The predicted octanol–water partition coefficient (Wildman–Crippen LogP) is 4.50. The van der Waals surface area contributed by atoms with Crippen molar-refractivity contribution in [3.63, 3.8) is 0 Å². The van der Waals surface area contributed by atoms with Crippen LogP contribution < -0.4 is 0 Å². The molecule has 0 saturated heterocycles. The van der Waals surface area contributed by atoms with Crippen molar-refractivity contribution in [2.45, 2.75) is 4.90 Å². The molecule has 0 aliphatic heterocycles. The number of rotatable bonds is 3. The fourth-order valence-corrected chi connectivity index (χ4v) is 3.02. The number of nitrogens with zero attached hydrogens (tertiary/aromatic N) is 2. The number of benzene rings is 3. The van der Waals surface area contributed by atoms with E-state index in [0.717, 1.165) is 0 Å². The minimum Gasteiger partial charge on any atom is -0.282 e. The van der Waals surface area contributed by atoms with Crippen molar-refractivity contribution in [3.05, 3.63) is 66.7 Å². The van der Waals surface area contributed by atoms with E-state index in [4.69, 9.17) is 0 Å². The van der Waals surface area contributed by atoms with Gasteiger partial charge in [0.05, 0.1) is 5.69 Å². The average Bonchev–Trinajstić information content (AvgIpc) is 2.52. The molecule has 0 aromatic heterocycles. The molecule has 0 amide bonds. The maximum atomic E-state index is 11.7. The van der Waals surface area contributed by atoms with Gasteiger partial charge in [0.25, 0.3) is 10.1 Å². The van der Waals surface area contributed by atoms with Crippen LogP contribution in [-0.2, 0) is 10.1 Å². The number of azo groups is 1. The minimum atomic E-state index is -4.42. The monoisotopic (exact) mass is 312 g/mol. The average molecular weight is 312 g/mol. The fourth-order valence-electron chi connectivity index (χ4n) is 2.19. The second-order valence-corrected chi connectivity index (χ2v) is 6.00. The molecule has 0 saturated carbocycles. The van der Waals surface area contributed by atoms with E-state index in [1.165, 1.54) is 6.07 Å². The smallest absolute Gasteiger partial charge is 0.282 e. The molecule has 3 rings (SSSR count). The molecule has 1 N–H and O–H groups in total. The largest absolute Gasteiger partial charge is 0.297 e. The molecular weight excluding hydrogens is 300 g/mol. The Bertz CT molecular complexity index is 952. The molecule has 0 atom stereocenters. The highest BCUT2D eigenvalue weighted by molar-refractivity contribution is 7.86. The second-order valence-electron chi connectivity index (χ2n) is 4.65. The summed E-state index contributed by atoms with van der Waals surface area (Å²) in [5, 5.41) is 9.10. The van der Waals surface area contributed by atoms with Gasteiger partial charge in [-0.25, -0.2) is 0 Å². The molecule has 0 fully saturated rings. The lowest BCUT2D eigenvalue weighted by Gasteiger charge is -2.06. The molecule has 0 aliphatic rings. The van der Waals surface area contributed by atoms with Gasteiger partial charge in [0, 0.05) is 5.39 Å². The molecule has 0 heterocycles. The third-order valence-corrected chi connectivity index (χ3v) is 4.09. The van der Waals surface area contributed by atoms with Crippen molar-refractivity contribution >= 4 is 32.3 Å². The lowest BCUT2D eigenvalue weighted by Crippen LogP contribution is -1.99. The van der Waals surface area contributed by atoms with Gasteiger partial charge >= 0.3 is 0 Å². The van der Waals surface area contributed by atoms with Crippen LogP contribution in [0.5, 0.6) is 0 Å². The molecule has 0 unspecified atom stereocenters. The highest BCUT2D eigenvalue weighted by Crippen LogP contribution is 2.33. The summed E-state index contributed by atoms with van der Waals surface area (Å²) in [6.45, 7) is 0. The highest BCUT2D eigenvalue weighted by Gasteiger charge is 2.19. The SMILES string of the molecule is O=S(=O)(O)c1c(N=Nc2ccccc2)ccc2ccccc12. The molecule has 3 aromatic rings. The summed E-state index contributed by atoms with van der Waals surface area (Å²) >= 11 is 0. The Labute approximate surface area is 127 Å². The summed E-state index contributed by atoms with van der Waals surface area (Å²) in [5.74, 6) is 0. The number of fused-ring (bicyclic) bond motifs is 1. The van der Waals surface area contributed by atoms with E-state index in [1.807, 2.05) is 6.07 Å². The summed E-state index contributed by atoms with van der Waals surface area (Å²) in [5.41, 5.74) is 0.696. The molecule has 0 radical (unpaired) electrons. The van der Waals surface area contributed by atoms with Crippen LogP contribution in [0.1, 0.15) is 0 Å². The van der Waals surface area contributed by atoms with Gasteiger partial charge < -0.3 is 0 Å². The first kappa shape index (κ1) is 14.4. The predicted molar refractivity (Wildman–Crippen MR) is 84.4 cm³/mol. The van der Waals surface area contributed by atoms with Crippen molar-refractivity contribution in [2.24, 2.45) is 10.2 Å². The van der Waals surface area contributed by atoms with Crippen LogP contribution in [0, 0.1) is 0 Å². The van der Waals surface area contributed by atoms with Crippen LogP contribution >= 0.6 is 0 Å². The van der Waals surface area contributed by atoms with Crippen LogP contribution in [0.3, 0.4) is 0 Å². The van der Waals surface area contributed by atoms with E-state index in [1.54, 1.807) is 54.6 Å². The fraction of sp³-hybridized carbons (Fsp3) is 0. The number of hydrogen-bond acceptors (Lipinski definition) is 4. The molecular formula is C16H12N2O3S. The Kier molecular flexibility index (Phi) is 3.70. The van der Waals surface area contributed by atoms with Crippen LogP contribution in [0.2, 0.25) is 0 Å². The first-order valence-electron chi connectivity index (χ1n) is 6.52. The summed E-state index contributed by atoms with van der Waals surface area (Å²) in [6, 6.07) is 19.1. The molecule has 3 aromatic carbocycles. The van der Waals surface area contributed by atoms with Gasteiger partial charge in [0.1, 0.15) is 10.6 Å². The quantitative estimate of drug-likeness (QED) is 0.571. The molecule has 22 heavy (non-hydrogen) atoms. The van der Waals surface area contributed by atoms with E-state index in [2.05, 4.69) is 10.2 Å². The van der Waals surface area contributed by atoms with Crippen molar-refractivity contribution < 1.29 is 13.0 Å². The zero-order valence-electron chi connectivity index (χ0n) is 11.4. The van der Waals surface area contributed by atoms with Crippen molar-refractivity contribution in [3.8, 4) is 0 Å². The first-order chi connectivity index (χ1) is 10.6. The molecule has 110 valence electrons. The molecule has 5 nitrogen and oxygen atoms in total. The summed E-state index contributed by atoms with van der Waals surface area (Å²) in [4.78, 5) is -0.231. The highest BCUT2D eigenvalue weighted by atomic mass is 32.2. The van der Waals surface area contributed by atoms with E-state index in [-0.39, 0.29) is 10.6 Å². The summed E-state index contributed by atoms with van der Waals surface area (Å²) in [7, 11) is -4.42. The molecule has 0 spiro atoms. The zero-order valence-corrected chi connectivity index (χ0v) is 12.2. The summed E-state index contributed by atoms with van der Waals surface area (Å²) < 4.78 is 33.0. The van der Waals surface area contributed by atoms with E-state index >= 15 is 0 Å². The Morgan fingerprint density at radius 2 is 1.45 bits per heavy atom. The van der Waals surface area contributed by atoms with Gasteiger partial charge in [0.15, 0.2) is 0 Å². The van der Waals surface area contributed by atoms with E-state index in [0.29, 0.717) is 16.5 Å². The molecule has 6 heteroatoms. The molecule has 0 bridgehead atoms. The molecule has 0 aliphatic carbocycles. The van der Waals surface area contributed by atoms with Gasteiger partial charge in [-0.15, -0.1) is 5.11 Å². The number of hydrogen-bond donors (Lipinski definition) is 1. The van der Waals surface area contributed by atoms with Crippen LogP contribution in [0.4, 0.5) is 11.4 Å². The lowest BCUT2D eigenvalue weighted by molar-refractivity contribution is 0.484. The van der Waals surface area contributed by atoms with E-state index < -0.39 is 10.1 Å². The van der Waals surface area contributed by atoms with Crippen molar-refractivity contribution in [2.75, 3.05) is 0 Å². The van der Waals surface area contributed by atoms with Gasteiger partial charge in [-0.1, -0.05) is 48.5 Å². The van der Waals surface area contributed by atoms with Crippen molar-refractivity contribution in [1.82, 2.24) is 0 Å². The second kappa shape index (κ2) is 5.67. The maximum absolute atomic E-state index is 11.7.